The van der Waals surface area contributed by atoms with Gasteiger partial charge in [0.2, 0.25) is 0 Å². The average Bonchev–Trinajstić information content (AvgIpc) is 3.10. The Bertz CT molecular complexity index is 723. The number of hydrogen-bond donors (Lipinski definition) is 1. The van der Waals surface area contributed by atoms with E-state index >= 15 is 0 Å². The smallest absolute Gasteiger partial charge is 0.151 e. The van der Waals surface area contributed by atoms with Crippen molar-refractivity contribution in [2.24, 2.45) is 0 Å². The minimum absolute atomic E-state index is 0.0200. The van der Waals surface area contributed by atoms with Crippen LogP contribution in [0.3, 0.4) is 0 Å². The van der Waals surface area contributed by atoms with Gasteiger partial charge in [0.05, 0.1) is 5.69 Å². The highest BCUT2D eigenvalue weighted by Gasteiger charge is 2.29. The molecule has 0 radical (unpaired) electrons. The van der Waals surface area contributed by atoms with E-state index in [0.717, 1.165) is 68.4 Å². The molecule has 0 spiro atoms. The normalized spacial score (nSPS) is 20.9. The third kappa shape index (κ3) is 2.61. The van der Waals surface area contributed by atoms with Gasteiger partial charge in [0.25, 0.3) is 0 Å². The summed E-state index contributed by atoms with van der Waals surface area (Å²) in [6, 6.07) is 3.59. The van der Waals surface area contributed by atoms with Crippen molar-refractivity contribution >= 4 is 5.82 Å². The Morgan fingerprint density at radius 1 is 1.22 bits per heavy atom. The lowest BCUT2D eigenvalue weighted by Gasteiger charge is -2.10. The highest BCUT2D eigenvalue weighted by molar-refractivity contribution is 5.55. The second-order valence-corrected chi connectivity index (χ2v) is 6.11. The van der Waals surface area contributed by atoms with Crippen LogP contribution in [0.2, 0.25) is 0 Å². The molecule has 1 unspecified atom stereocenters. The number of rotatable bonds is 2. The van der Waals surface area contributed by atoms with Gasteiger partial charge in [-0.15, -0.1) is 0 Å². The molecule has 4 rings (SSSR count). The van der Waals surface area contributed by atoms with Crippen LogP contribution in [0.25, 0.3) is 5.69 Å². The third-order valence-corrected chi connectivity index (χ3v) is 4.53. The van der Waals surface area contributed by atoms with Gasteiger partial charge in [-0.1, -0.05) is 0 Å². The van der Waals surface area contributed by atoms with Crippen molar-refractivity contribution in [1.29, 1.82) is 0 Å². The van der Waals surface area contributed by atoms with Crippen molar-refractivity contribution < 1.29 is 13.5 Å². The Labute approximate surface area is 133 Å². The summed E-state index contributed by atoms with van der Waals surface area (Å²) >= 11 is 0. The summed E-state index contributed by atoms with van der Waals surface area (Å²) in [5, 5.41) is 8.01. The molecule has 2 aliphatic heterocycles. The van der Waals surface area contributed by atoms with Crippen molar-refractivity contribution in [3.8, 4) is 5.69 Å². The van der Waals surface area contributed by atoms with Crippen molar-refractivity contribution in [1.82, 2.24) is 9.78 Å². The summed E-state index contributed by atoms with van der Waals surface area (Å²) in [5.41, 5.74) is 2.27. The van der Waals surface area contributed by atoms with Gasteiger partial charge in [-0.2, -0.15) is 5.10 Å². The van der Waals surface area contributed by atoms with Crippen LogP contribution < -0.4 is 5.32 Å². The zero-order chi connectivity index (χ0) is 15.8. The molecule has 1 fully saturated rings. The molecule has 0 saturated carbocycles. The highest BCUT2D eigenvalue weighted by atomic mass is 19.1. The lowest BCUT2D eigenvalue weighted by molar-refractivity contribution is 0.107. The molecule has 4 nitrogen and oxygen atoms in total. The lowest BCUT2D eigenvalue weighted by atomic mass is 10.0. The number of nitrogens with zero attached hydrogens (tertiary/aromatic N) is 2. The number of aromatic nitrogens is 2. The quantitative estimate of drug-likeness (QED) is 0.916. The Balaban J connectivity index is 1.85. The van der Waals surface area contributed by atoms with Gasteiger partial charge in [0, 0.05) is 24.8 Å². The van der Waals surface area contributed by atoms with Crippen LogP contribution in [-0.2, 0) is 11.2 Å². The SMILES string of the molecule is Fc1ccc(-n2nc(C3CCCO3)c3c2NCCCC3)c(F)c1. The molecule has 2 aliphatic rings. The van der Waals surface area contributed by atoms with Crippen LogP contribution >= 0.6 is 0 Å². The van der Waals surface area contributed by atoms with E-state index in [1.54, 1.807) is 4.68 Å². The van der Waals surface area contributed by atoms with E-state index in [4.69, 9.17) is 4.74 Å². The fourth-order valence-corrected chi connectivity index (χ4v) is 3.41. The first kappa shape index (κ1) is 14.6. The van der Waals surface area contributed by atoms with E-state index in [-0.39, 0.29) is 11.8 Å². The number of hydrogen-bond acceptors (Lipinski definition) is 3. The number of halogens is 2. The zero-order valence-corrected chi connectivity index (χ0v) is 12.8. The standard InChI is InChI=1S/C17H19F2N3O/c18-11-6-7-14(13(19)10-11)22-17-12(4-1-2-8-20-17)16(21-22)15-5-3-9-23-15/h6-7,10,15,20H,1-5,8-9H2. The molecule has 1 saturated heterocycles. The van der Waals surface area contributed by atoms with Crippen molar-refractivity contribution in [2.75, 3.05) is 18.5 Å². The van der Waals surface area contributed by atoms with Crippen molar-refractivity contribution in [3.05, 3.63) is 41.1 Å². The fourth-order valence-electron chi connectivity index (χ4n) is 3.41. The topological polar surface area (TPSA) is 39.1 Å². The Morgan fingerprint density at radius 2 is 2.13 bits per heavy atom. The lowest BCUT2D eigenvalue weighted by Crippen LogP contribution is -2.09. The average molecular weight is 319 g/mol. The van der Waals surface area contributed by atoms with Gasteiger partial charge < -0.3 is 10.1 Å². The number of nitrogens with one attached hydrogen (secondary N) is 1. The van der Waals surface area contributed by atoms with Crippen LogP contribution in [0.4, 0.5) is 14.6 Å². The predicted molar refractivity (Wildman–Crippen MR) is 82.8 cm³/mol. The highest BCUT2D eigenvalue weighted by Crippen LogP contribution is 2.36. The van der Waals surface area contributed by atoms with Crippen LogP contribution in [0.1, 0.15) is 43.0 Å². The van der Waals surface area contributed by atoms with Gasteiger partial charge in [-0.05, 0) is 44.2 Å². The largest absolute Gasteiger partial charge is 0.372 e. The monoisotopic (exact) mass is 319 g/mol. The third-order valence-electron chi connectivity index (χ3n) is 4.53. The molecule has 1 atom stereocenters. The van der Waals surface area contributed by atoms with Crippen molar-refractivity contribution in [2.45, 2.75) is 38.2 Å². The number of benzene rings is 1. The number of ether oxygens (including phenoxy) is 1. The minimum Gasteiger partial charge on any atom is -0.372 e. The molecule has 122 valence electrons. The Hall–Kier alpha value is -1.95. The Morgan fingerprint density at radius 3 is 2.91 bits per heavy atom. The molecule has 3 heterocycles. The first-order chi connectivity index (χ1) is 11.2. The molecule has 0 bridgehead atoms. The molecule has 2 aromatic rings. The molecule has 0 aliphatic carbocycles. The summed E-state index contributed by atoms with van der Waals surface area (Å²) in [6.45, 7) is 1.57. The fraction of sp³-hybridized carbons (Fsp3) is 0.471. The number of fused-ring (bicyclic) bond motifs is 1. The van der Waals surface area contributed by atoms with Gasteiger partial charge in [-0.25, -0.2) is 13.5 Å². The maximum atomic E-state index is 14.2. The number of anilines is 1. The van der Waals surface area contributed by atoms with Crippen LogP contribution in [0, 0.1) is 11.6 Å². The van der Waals surface area contributed by atoms with E-state index in [1.165, 1.54) is 12.1 Å². The summed E-state index contributed by atoms with van der Waals surface area (Å²) in [4.78, 5) is 0. The van der Waals surface area contributed by atoms with Gasteiger partial charge in [0.1, 0.15) is 23.4 Å². The van der Waals surface area contributed by atoms with E-state index in [1.807, 2.05) is 0 Å². The molecular formula is C17H19F2N3O. The van der Waals surface area contributed by atoms with E-state index < -0.39 is 11.6 Å². The molecule has 23 heavy (non-hydrogen) atoms. The van der Waals surface area contributed by atoms with Crippen LogP contribution in [-0.4, -0.2) is 22.9 Å². The van der Waals surface area contributed by atoms with E-state index in [2.05, 4.69) is 10.4 Å². The second kappa shape index (κ2) is 5.92. The molecule has 0 amide bonds. The minimum atomic E-state index is -0.611. The second-order valence-electron chi connectivity index (χ2n) is 6.11. The maximum absolute atomic E-state index is 14.2. The summed E-state index contributed by atoms with van der Waals surface area (Å²) in [6.07, 6.45) is 4.97. The summed E-state index contributed by atoms with van der Waals surface area (Å²) in [7, 11) is 0. The first-order valence-electron chi connectivity index (χ1n) is 8.17. The first-order valence-corrected chi connectivity index (χ1v) is 8.17. The molecule has 1 aromatic carbocycles. The molecule has 1 aromatic heterocycles. The Kier molecular flexibility index (Phi) is 3.77. The van der Waals surface area contributed by atoms with Crippen LogP contribution in [0.15, 0.2) is 18.2 Å². The summed E-state index contributed by atoms with van der Waals surface area (Å²) in [5.74, 6) is -0.379. The zero-order valence-electron chi connectivity index (χ0n) is 12.8. The van der Waals surface area contributed by atoms with Gasteiger partial charge in [0.15, 0.2) is 5.82 Å². The summed E-state index contributed by atoms with van der Waals surface area (Å²) < 4.78 is 34.8. The maximum Gasteiger partial charge on any atom is 0.151 e. The molecular weight excluding hydrogens is 300 g/mol. The van der Waals surface area contributed by atoms with E-state index in [0.29, 0.717) is 0 Å². The van der Waals surface area contributed by atoms with E-state index in [9.17, 15) is 8.78 Å². The molecule has 6 heteroatoms. The van der Waals surface area contributed by atoms with Crippen LogP contribution in [0.5, 0.6) is 0 Å². The predicted octanol–water partition coefficient (Wildman–Crippen LogP) is 3.75. The van der Waals surface area contributed by atoms with Crippen molar-refractivity contribution in [3.63, 3.8) is 0 Å². The molecule has 1 N–H and O–H groups in total. The van der Waals surface area contributed by atoms with Gasteiger partial charge in [-0.3, -0.25) is 0 Å². The van der Waals surface area contributed by atoms with Gasteiger partial charge >= 0.3 is 0 Å².